The standard InChI is InChI=1S/C16H21ClN2/c1-3-12(4-2)15-16(11-18,9-10-19-15)13-5-7-14(17)8-6-13/h5-8,12,15,19H,3-4,9-10H2,1-2H3. The van der Waals surface area contributed by atoms with Gasteiger partial charge in [-0.25, -0.2) is 0 Å². The highest BCUT2D eigenvalue weighted by Gasteiger charge is 2.47. The summed E-state index contributed by atoms with van der Waals surface area (Å²) >= 11 is 5.96. The second-order valence-electron chi connectivity index (χ2n) is 5.35. The van der Waals surface area contributed by atoms with Crippen molar-refractivity contribution in [1.82, 2.24) is 5.32 Å². The van der Waals surface area contributed by atoms with Crippen LogP contribution in [0.1, 0.15) is 38.7 Å². The lowest BCUT2D eigenvalue weighted by Gasteiger charge is -2.34. The van der Waals surface area contributed by atoms with E-state index in [1.807, 2.05) is 24.3 Å². The summed E-state index contributed by atoms with van der Waals surface area (Å²) in [6.45, 7) is 5.33. The lowest BCUT2D eigenvalue weighted by molar-refractivity contribution is 0.303. The van der Waals surface area contributed by atoms with Crippen LogP contribution < -0.4 is 5.32 Å². The summed E-state index contributed by atoms with van der Waals surface area (Å²) in [6, 6.07) is 10.6. The van der Waals surface area contributed by atoms with Crippen LogP contribution in [-0.4, -0.2) is 12.6 Å². The third-order valence-electron chi connectivity index (χ3n) is 4.49. The monoisotopic (exact) mass is 276 g/mol. The van der Waals surface area contributed by atoms with E-state index in [2.05, 4.69) is 25.2 Å². The maximum absolute atomic E-state index is 9.83. The molecule has 1 heterocycles. The Morgan fingerprint density at radius 3 is 2.53 bits per heavy atom. The van der Waals surface area contributed by atoms with E-state index in [1.165, 1.54) is 0 Å². The fraction of sp³-hybridized carbons (Fsp3) is 0.562. The molecule has 1 aliphatic heterocycles. The summed E-state index contributed by atoms with van der Waals surface area (Å²) in [7, 11) is 0. The molecule has 2 unspecified atom stereocenters. The first-order chi connectivity index (χ1) is 9.17. The van der Waals surface area contributed by atoms with Gasteiger partial charge in [0.05, 0.1) is 11.5 Å². The lowest BCUT2D eigenvalue weighted by atomic mass is 9.70. The van der Waals surface area contributed by atoms with Crippen molar-refractivity contribution in [2.75, 3.05) is 6.54 Å². The van der Waals surface area contributed by atoms with E-state index in [1.54, 1.807) is 0 Å². The van der Waals surface area contributed by atoms with Gasteiger partial charge in [0.1, 0.15) is 0 Å². The van der Waals surface area contributed by atoms with Crippen molar-refractivity contribution in [2.45, 2.75) is 44.6 Å². The van der Waals surface area contributed by atoms with Gasteiger partial charge in [-0.3, -0.25) is 0 Å². The molecule has 2 rings (SSSR count). The number of nitriles is 1. The molecule has 1 aromatic carbocycles. The number of rotatable bonds is 4. The van der Waals surface area contributed by atoms with Crippen LogP contribution in [0.2, 0.25) is 5.02 Å². The zero-order valence-electron chi connectivity index (χ0n) is 11.6. The molecular weight excluding hydrogens is 256 g/mol. The van der Waals surface area contributed by atoms with Gasteiger partial charge in [-0.2, -0.15) is 5.26 Å². The van der Waals surface area contributed by atoms with Crippen LogP contribution in [0.4, 0.5) is 0 Å². The minimum absolute atomic E-state index is 0.244. The van der Waals surface area contributed by atoms with Gasteiger partial charge in [-0.05, 0) is 36.6 Å². The molecule has 1 aromatic rings. The van der Waals surface area contributed by atoms with Crippen LogP contribution in [0.15, 0.2) is 24.3 Å². The molecule has 0 aliphatic carbocycles. The third-order valence-corrected chi connectivity index (χ3v) is 4.75. The largest absolute Gasteiger partial charge is 0.312 e. The maximum Gasteiger partial charge on any atom is 0.0989 e. The fourth-order valence-electron chi connectivity index (χ4n) is 3.34. The fourth-order valence-corrected chi connectivity index (χ4v) is 3.47. The Bertz CT molecular complexity index is 459. The van der Waals surface area contributed by atoms with Crippen molar-refractivity contribution in [3.8, 4) is 6.07 Å². The zero-order chi connectivity index (χ0) is 13.9. The molecule has 0 radical (unpaired) electrons. The third kappa shape index (κ3) is 2.50. The van der Waals surface area contributed by atoms with E-state index < -0.39 is 5.41 Å². The highest BCUT2D eigenvalue weighted by atomic mass is 35.5. The van der Waals surface area contributed by atoms with Crippen molar-refractivity contribution in [3.05, 3.63) is 34.9 Å². The SMILES string of the molecule is CCC(CC)C1NCCC1(C#N)c1ccc(Cl)cc1. The Morgan fingerprint density at radius 1 is 1.37 bits per heavy atom. The van der Waals surface area contributed by atoms with Gasteiger partial charge in [0.2, 0.25) is 0 Å². The average molecular weight is 277 g/mol. The first kappa shape index (κ1) is 14.4. The number of halogens is 1. The Kier molecular flexibility index (Phi) is 4.50. The first-order valence-corrected chi connectivity index (χ1v) is 7.46. The number of hydrogen-bond donors (Lipinski definition) is 1. The van der Waals surface area contributed by atoms with Gasteiger partial charge < -0.3 is 5.32 Å². The van der Waals surface area contributed by atoms with Crippen molar-refractivity contribution < 1.29 is 0 Å². The summed E-state index contributed by atoms with van der Waals surface area (Å²) in [5, 5.41) is 14.1. The highest BCUT2D eigenvalue weighted by molar-refractivity contribution is 6.30. The highest BCUT2D eigenvalue weighted by Crippen LogP contribution is 2.40. The molecule has 3 heteroatoms. The molecule has 1 N–H and O–H groups in total. The predicted octanol–water partition coefficient (Wildman–Crippen LogP) is 3.90. The van der Waals surface area contributed by atoms with Crippen LogP contribution in [0.25, 0.3) is 0 Å². The van der Waals surface area contributed by atoms with E-state index >= 15 is 0 Å². The van der Waals surface area contributed by atoms with Gasteiger partial charge in [-0.15, -0.1) is 0 Å². The molecule has 2 atom stereocenters. The normalized spacial score (nSPS) is 26.6. The zero-order valence-corrected chi connectivity index (χ0v) is 12.4. The van der Waals surface area contributed by atoms with Crippen molar-refractivity contribution >= 4 is 11.6 Å². The molecule has 2 nitrogen and oxygen atoms in total. The Morgan fingerprint density at radius 2 is 2.00 bits per heavy atom. The van der Waals surface area contributed by atoms with Crippen LogP contribution in [0.5, 0.6) is 0 Å². The van der Waals surface area contributed by atoms with E-state index in [9.17, 15) is 5.26 Å². The molecule has 102 valence electrons. The Balaban J connectivity index is 2.41. The maximum atomic E-state index is 9.83. The molecule has 19 heavy (non-hydrogen) atoms. The molecule has 1 saturated heterocycles. The molecule has 0 aromatic heterocycles. The minimum atomic E-state index is -0.402. The molecule has 1 aliphatic rings. The number of nitrogens with one attached hydrogen (secondary N) is 1. The van der Waals surface area contributed by atoms with Gasteiger partial charge in [0.25, 0.3) is 0 Å². The van der Waals surface area contributed by atoms with Crippen molar-refractivity contribution in [1.29, 1.82) is 5.26 Å². The van der Waals surface area contributed by atoms with E-state index in [0.717, 1.165) is 36.4 Å². The summed E-state index contributed by atoms with van der Waals surface area (Å²) in [4.78, 5) is 0. The topological polar surface area (TPSA) is 35.8 Å². The minimum Gasteiger partial charge on any atom is -0.312 e. The predicted molar refractivity (Wildman–Crippen MR) is 79.2 cm³/mol. The summed E-state index contributed by atoms with van der Waals surface area (Å²) < 4.78 is 0. The second-order valence-corrected chi connectivity index (χ2v) is 5.78. The van der Waals surface area contributed by atoms with E-state index in [-0.39, 0.29) is 6.04 Å². The van der Waals surface area contributed by atoms with Crippen LogP contribution in [-0.2, 0) is 5.41 Å². The van der Waals surface area contributed by atoms with Crippen molar-refractivity contribution in [2.24, 2.45) is 5.92 Å². The quantitative estimate of drug-likeness (QED) is 0.905. The lowest BCUT2D eigenvalue weighted by Crippen LogP contribution is -2.44. The van der Waals surface area contributed by atoms with Crippen LogP contribution >= 0.6 is 11.6 Å². The van der Waals surface area contributed by atoms with Gasteiger partial charge in [0, 0.05) is 11.1 Å². The van der Waals surface area contributed by atoms with Crippen LogP contribution in [0.3, 0.4) is 0 Å². The second kappa shape index (κ2) is 5.94. The molecule has 0 saturated carbocycles. The molecular formula is C16H21ClN2. The van der Waals surface area contributed by atoms with Crippen LogP contribution in [0, 0.1) is 17.2 Å². The summed E-state index contributed by atoms with van der Waals surface area (Å²) in [5.41, 5.74) is 0.697. The Labute approximate surface area is 120 Å². The molecule has 0 bridgehead atoms. The molecule has 0 spiro atoms. The van der Waals surface area contributed by atoms with E-state index in [0.29, 0.717) is 5.92 Å². The summed E-state index contributed by atoms with van der Waals surface area (Å²) in [6.07, 6.45) is 3.09. The molecule has 0 amide bonds. The number of hydrogen-bond acceptors (Lipinski definition) is 2. The number of benzene rings is 1. The Hall–Kier alpha value is -1.04. The van der Waals surface area contributed by atoms with Gasteiger partial charge in [-0.1, -0.05) is 50.4 Å². The molecule has 1 fully saturated rings. The first-order valence-electron chi connectivity index (χ1n) is 7.08. The smallest absolute Gasteiger partial charge is 0.0989 e. The van der Waals surface area contributed by atoms with Gasteiger partial charge in [0.15, 0.2) is 0 Å². The average Bonchev–Trinajstić information content (AvgIpc) is 2.86. The van der Waals surface area contributed by atoms with Crippen molar-refractivity contribution in [3.63, 3.8) is 0 Å². The van der Waals surface area contributed by atoms with Gasteiger partial charge >= 0.3 is 0 Å². The summed E-state index contributed by atoms with van der Waals surface area (Å²) in [5.74, 6) is 0.540. The number of nitrogens with zero attached hydrogens (tertiary/aromatic N) is 1. The van der Waals surface area contributed by atoms with E-state index in [4.69, 9.17) is 11.6 Å².